The molecule has 2 fully saturated rings. The van der Waals surface area contributed by atoms with Crippen molar-refractivity contribution in [1.29, 1.82) is 0 Å². The standard InChI is InChI=1S/C29H45NO12.2Ac/c1-12-9-18(34)27(8)22(28(12,39)11-31)24(41-16(5)33)29(40)10-17(42-25(38)20(35)14(3)30-15(4)32)13(2)19(26(29,6)7)21(36)23(27)37;;/h12,14,17-18,20-22,24,31,34-36,39-40H,9-11H2,1-8H3,(H,30,32);;/t12-,14+,17+,18+,20-,21-,22+,24+,27-,28+,29-;;/m1../s1. The summed E-state index contributed by atoms with van der Waals surface area (Å²) in [7, 11) is 0. The molecular formula is C29H45Ac2NO12. The number of aliphatic hydroxyl groups excluding tert-OH is 4. The van der Waals surface area contributed by atoms with Crippen molar-refractivity contribution >= 4 is 23.6 Å². The molecule has 3 aliphatic rings. The van der Waals surface area contributed by atoms with Crippen LogP contribution in [-0.4, -0.2) is 109 Å². The summed E-state index contributed by atoms with van der Waals surface area (Å²) in [5.74, 6) is -5.96. The van der Waals surface area contributed by atoms with E-state index in [0.717, 1.165) is 6.92 Å². The Balaban J connectivity index is 0.00000484. The minimum absolute atomic E-state index is 0. The summed E-state index contributed by atoms with van der Waals surface area (Å²) in [5.41, 5.74) is -7.84. The fraction of sp³-hybridized carbons (Fsp3) is 0.793. The Bertz CT molecular complexity index is 1180. The van der Waals surface area contributed by atoms with Crippen LogP contribution in [-0.2, 0) is 28.7 Å². The van der Waals surface area contributed by atoms with Crippen LogP contribution in [0, 0.1) is 111 Å². The quantitative estimate of drug-likeness (QED) is 0.124. The van der Waals surface area contributed by atoms with Gasteiger partial charge in [0, 0.05) is 120 Å². The van der Waals surface area contributed by atoms with Gasteiger partial charge in [-0.25, -0.2) is 4.79 Å². The van der Waals surface area contributed by atoms with Crippen molar-refractivity contribution in [1.82, 2.24) is 5.32 Å². The van der Waals surface area contributed by atoms with E-state index in [4.69, 9.17) is 9.47 Å². The number of nitrogens with one attached hydrogen (secondary N) is 1. The second kappa shape index (κ2) is 14.9. The first-order valence-corrected chi connectivity index (χ1v) is 14.1. The Morgan fingerprint density at radius 3 is 2.09 bits per heavy atom. The van der Waals surface area contributed by atoms with Crippen LogP contribution in [0.25, 0.3) is 0 Å². The van der Waals surface area contributed by atoms with Crippen LogP contribution in [0.2, 0.25) is 0 Å². The molecule has 0 aromatic carbocycles. The van der Waals surface area contributed by atoms with E-state index in [1.54, 1.807) is 0 Å². The molecule has 0 spiro atoms. The minimum Gasteiger partial charge on any atom is -0.459 e. The molecule has 2 radical (unpaired) electrons. The molecule has 0 saturated heterocycles. The van der Waals surface area contributed by atoms with Crippen LogP contribution < -0.4 is 5.32 Å². The van der Waals surface area contributed by atoms with Gasteiger partial charge in [0.2, 0.25) is 5.91 Å². The van der Waals surface area contributed by atoms with Crippen molar-refractivity contribution in [2.45, 2.75) is 116 Å². The first-order chi connectivity index (χ1) is 19.1. The average molecular weight is 1050 g/mol. The van der Waals surface area contributed by atoms with Crippen molar-refractivity contribution in [3.63, 3.8) is 0 Å². The van der Waals surface area contributed by atoms with E-state index in [2.05, 4.69) is 5.32 Å². The fourth-order valence-corrected chi connectivity index (χ4v) is 7.57. The van der Waals surface area contributed by atoms with Crippen LogP contribution in [0.5, 0.6) is 0 Å². The van der Waals surface area contributed by atoms with E-state index < -0.39 is 107 Å². The maximum Gasteiger partial charge on any atom is 0.337 e. The van der Waals surface area contributed by atoms with Crippen molar-refractivity contribution in [3.05, 3.63) is 11.1 Å². The summed E-state index contributed by atoms with van der Waals surface area (Å²) in [6.45, 7) is 10.1. The number of hydrogen-bond donors (Lipinski definition) is 7. The van der Waals surface area contributed by atoms with E-state index in [9.17, 15) is 49.8 Å². The summed E-state index contributed by atoms with van der Waals surface area (Å²) < 4.78 is 11.3. The average Bonchev–Trinajstić information content (AvgIpc) is 2.87. The molecule has 11 atom stereocenters. The number of carbonyl (C=O) groups excluding carboxylic acids is 4. The Kier molecular flexibility index (Phi) is 14.4. The molecule has 13 nitrogen and oxygen atoms in total. The SMILES string of the molecule is CC(=O)N[C@@H](C)[C@@H](O)C(=O)O[C@H]1C[C@@]2(O)[C@@H](OC(C)=O)[C@@H]3[C@](O)(CO)[C@H](C)C[C@H](O)[C@@]3(C)C(=O)[C@H](O)C(=C1C)C2(C)C.[Ac].[Ac]. The number of ketones is 1. The summed E-state index contributed by atoms with van der Waals surface area (Å²) in [4.78, 5) is 51.2. The second-order valence-electron chi connectivity index (χ2n) is 13.1. The van der Waals surface area contributed by atoms with E-state index in [-0.39, 0.29) is 106 Å². The minimum atomic E-state index is -2.26. The molecule has 3 rings (SSSR count). The molecule has 44 heavy (non-hydrogen) atoms. The van der Waals surface area contributed by atoms with E-state index in [0.29, 0.717) is 0 Å². The number of ether oxygens (including phenoxy) is 2. The smallest absolute Gasteiger partial charge is 0.337 e. The van der Waals surface area contributed by atoms with Crippen molar-refractivity contribution in [2.75, 3.05) is 6.61 Å². The molecule has 0 aromatic rings. The summed E-state index contributed by atoms with van der Waals surface area (Å²) in [6.07, 6.45) is -8.97. The molecule has 2 bridgehead atoms. The van der Waals surface area contributed by atoms with Gasteiger partial charge in [-0.2, -0.15) is 0 Å². The first-order valence-electron chi connectivity index (χ1n) is 14.1. The number of aliphatic hydroxyl groups is 6. The van der Waals surface area contributed by atoms with Gasteiger partial charge in [-0.3, -0.25) is 14.4 Å². The van der Waals surface area contributed by atoms with Gasteiger partial charge in [0.05, 0.1) is 29.8 Å². The van der Waals surface area contributed by atoms with Gasteiger partial charge in [0.15, 0.2) is 11.9 Å². The fourth-order valence-electron chi connectivity index (χ4n) is 7.57. The maximum absolute atomic E-state index is 14.2. The zero-order valence-corrected chi connectivity index (χ0v) is 36.0. The molecule has 0 aliphatic heterocycles. The maximum atomic E-state index is 14.2. The van der Waals surface area contributed by atoms with Gasteiger partial charge in [-0.15, -0.1) is 0 Å². The normalized spacial score (nSPS) is 39.2. The number of rotatable bonds is 6. The van der Waals surface area contributed by atoms with Crippen molar-refractivity contribution < 1.29 is 147 Å². The molecule has 2 saturated carbocycles. The van der Waals surface area contributed by atoms with E-state index in [1.807, 2.05) is 0 Å². The second-order valence-corrected chi connectivity index (χ2v) is 13.1. The third-order valence-electron chi connectivity index (χ3n) is 10.2. The molecule has 0 unspecified atom stereocenters. The summed E-state index contributed by atoms with van der Waals surface area (Å²) in [6, 6.07) is -1.04. The van der Waals surface area contributed by atoms with Crippen LogP contribution in [0.15, 0.2) is 11.1 Å². The Labute approximate surface area is 329 Å². The Hall–Kier alpha value is 0.463. The van der Waals surface area contributed by atoms with Crippen LogP contribution in [0.4, 0.5) is 0 Å². The van der Waals surface area contributed by atoms with Gasteiger partial charge < -0.3 is 45.4 Å². The first kappa shape index (κ1) is 42.5. The van der Waals surface area contributed by atoms with Gasteiger partial charge in [-0.1, -0.05) is 20.8 Å². The van der Waals surface area contributed by atoms with Crippen LogP contribution in [0.1, 0.15) is 68.2 Å². The predicted molar refractivity (Wildman–Crippen MR) is 145 cm³/mol. The van der Waals surface area contributed by atoms with Gasteiger partial charge in [0.1, 0.15) is 23.9 Å². The van der Waals surface area contributed by atoms with Crippen LogP contribution >= 0.6 is 0 Å². The molecule has 7 N–H and O–H groups in total. The number of hydrogen-bond acceptors (Lipinski definition) is 12. The molecule has 0 aromatic heterocycles. The number of carbonyl (C=O) groups is 4. The Morgan fingerprint density at radius 2 is 1.61 bits per heavy atom. The van der Waals surface area contributed by atoms with Crippen molar-refractivity contribution in [3.8, 4) is 0 Å². The van der Waals surface area contributed by atoms with Gasteiger partial charge in [0.25, 0.3) is 0 Å². The topological polar surface area (TPSA) is 220 Å². The number of Topliss-reactive ketones (excluding diaryl/α,β-unsaturated/α-hetero) is 1. The monoisotopic (exact) mass is 1050 g/mol. The van der Waals surface area contributed by atoms with Crippen LogP contribution in [0.3, 0.4) is 0 Å². The molecular weight excluding hydrogens is 1010 g/mol. The molecule has 1 amide bonds. The third-order valence-corrected chi connectivity index (χ3v) is 10.2. The zero-order chi connectivity index (χ0) is 32.3. The Morgan fingerprint density at radius 1 is 1.07 bits per heavy atom. The zero-order valence-electron chi connectivity index (χ0n) is 26.5. The summed E-state index contributed by atoms with van der Waals surface area (Å²) >= 11 is 0. The number of amides is 1. The molecule has 15 heteroatoms. The molecule has 0 heterocycles. The largest absolute Gasteiger partial charge is 0.459 e. The van der Waals surface area contributed by atoms with E-state index in [1.165, 1.54) is 48.5 Å². The predicted octanol–water partition coefficient (Wildman–Crippen LogP) is -1.12. The van der Waals surface area contributed by atoms with Gasteiger partial charge in [-0.05, 0) is 44.3 Å². The third kappa shape index (κ3) is 6.82. The number of fused-ring (bicyclic) bond motifs is 3. The molecule has 244 valence electrons. The van der Waals surface area contributed by atoms with Gasteiger partial charge >= 0.3 is 11.9 Å². The number of esters is 2. The van der Waals surface area contributed by atoms with Crippen molar-refractivity contribution in [2.24, 2.45) is 22.7 Å². The summed E-state index contributed by atoms with van der Waals surface area (Å²) in [5, 5.41) is 70.9. The molecule has 3 aliphatic carbocycles. The van der Waals surface area contributed by atoms with E-state index >= 15 is 0 Å².